The highest BCUT2D eigenvalue weighted by molar-refractivity contribution is 5.90. The van der Waals surface area contributed by atoms with E-state index in [0.717, 1.165) is 48.7 Å². The Bertz CT molecular complexity index is 852. The molecule has 2 aromatic rings. The Kier molecular flexibility index (Phi) is 5.67. The lowest BCUT2D eigenvalue weighted by atomic mass is 10.0. The Morgan fingerprint density at radius 1 is 1.18 bits per heavy atom. The Labute approximate surface area is 165 Å². The van der Waals surface area contributed by atoms with Crippen molar-refractivity contribution in [3.8, 4) is 11.5 Å². The Morgan fingerprint density at radius 3 is 2.82 bits per heavy atom. The fraction of sp³-hybridized carbons (Fsp3) is 0.409. The average molecular weight is 382 g/mol. The van der Waals surface area contributed by atoms with Crippen LogP contribution in [-0.2, 0) is 24.0 Å². The van der Waals surface area contributed by atoms with Gasteiger partial charge >= 0.3 is 6.09 Å². The molecule has 0 atom stereocenters. The molecular formula is C22H26N2O4. The molecule has 148 valence electrons. The summed E-state index contributed by atoms with van der Waals surface area (Å²) < 4.78 is 16.6. The zero-order valence-corrected chi connectivity index (χ0v) is 16.2. The fourth-order valence-corrected chi connectivity index (χ4v) is 3.74. The first-order valence-corrected chi connectivity index (χ1v) is 9.81. The molecule has 2 aliphatic heterocycles. The molecule has 0 saturated heterocycles. The third-order valence-corrected chi connectivity index (χ3v) is 5.26. The van der Waals surface area contributed by atoms with Crippen molar-refractivity contribution in [2.75, 3.05) is 44.9 Å². The van der Waals surface area contributed by atoms with Crippen molar-refractivity contribution in [2.24, 2.45) is 0 Å². The van der Waals surface area contributed by atoms with E-state index in [1.165, 1.54) is 11.1 Å². The second kappa shape index (κ2) is 8.52. The van der Waals surface area contributed by atoms with Crippen molar-refractivity contribution in [1.29, 1.82) is 0 Å². The molecule has 0 bridgehead atoms. The standard InChI is InChI=1S/C22H26N2O4/c1-26-19-4-2-3-16(13-19)7-11-28-22(25)24-10-12-27-21-15-18-6-9-23-8-5-17(18)14-20(21)24/h2-4,13-15,23H,5-12H2,1H3. The van der Waals surface area contributed by atoms with Crippen LogP contribution in [0.2, 0.25) is 0 Å². The largest absolute Gasteiger partial charge is 0.497 e. The first-order chi connectivity index (χ1) is 13.7. The molecule has 6 nitrogen and oxygen atoms in total. The van der Waals surface area contributed by atoms with E-state index in [-0.39, 0.29) is 6.09 Å². The second-order valence-electron chi connectivity index (χ2n) is 7.05. The highest BCUT2D eigenvalue weighted by Gasteiger charge is 2.26. The summed E-state index contributed by atoms with van der Waals surface area (Å²) in [5, 5.41) is 3.42. The minimum Gasteiger partial charge on any atom is -0.497 e. The fourth-order valence-electron chi connectivity index (χ4n) is 3.74. The molecule has 0 unspecified atom stereocenters. The number of hydrogen-bond donors (Lipinski definition) is 1. The first kappa shape index (κ1) is 18.6. The van der Waals surface area contributed by atoms with Crippen LogP contribution < -0.4 is 19.7 Å². The summed E-state index contributed by atoms with van der Waals surface area (Å²) in [5.41, 5.74) is 4.48. The van der Waals surface area contributed by atoms with E-state index in [0.29, 0.717) is 26.2 Å². The van der Waals surface area contributed by atoms with Gasteiger partial charge in [-0.15, -0.1) is 0 Å². The van der Waals surface area contributed by atoms with Crippen LogP contribution in [0.5, 0.6) is 11.5 Å². The maximum atomic E-state index is 12.7. The average Bonchev–Trinajstić information content (AvgIpc) is 2.96. The number of benzene rings is 2. The number of ether oxygens (including phenoxy) is 3. The van der Waals surface area contributed by atoms with Gasteiger partial charge in [0.1, 0.15) is 18.1 Å². The monoisotopic (exact) mass is 382 g/mol. The van der Waals surface area contributed by atoms with Crippen LogP contribution in [0.15, 0.2) is 36.4 Å². The summed E-state index contributed by atoms with van der Waals surface area (Å²) in [6.45, 7) is 3.24. The van der Waals surface area contributed by atoms with Crippen LogP contribution in [0.1, 0.15) is 16.7 Å². The number of carbonyl (C=O) groups excluding carboxylic acids is 1. The van der Waals surface area contributed by atoms with Gasteiger partial charge in [-0.1, -0.05) is 12.1 Å². The Balaban J connectivity index is 1.43. The lowest BCUT2D eigenvalue weighted by Crippen LogP contribution is -2.38. The Morgan fingerprint density at radius 2 is 2.00 bits per heavy atom. The molecule has 0 spiro atoms. The van der Waals surface area contributed by atoms with Gasteiger partial charge < -0.3 is 19.5 Å². The van der Waals surface area contributed by atoms with Gasteiger partial charge in [0, 0.05) is 6.42 Å². The number of anilines is 1. The minimum atomic E-state index is -0.320. The quantitative estimate of drug-likeness (QED) is 0.881. The topological polar surface area (TPSA) is 60.0 Å². The summed E-state index contributed by atoms with van der Waals surface area (Å²) in [7, 11) is 1.64. The van der Waals surface area contributed by atoms with E-state index < -0.39 is 0 Å². The third kappa shape index (κ3) is 4.07. The molecule has 0 saturated carbocycles. The van der Waals surface area contributed by atoms with Crippen LogP contribution in [0.3, 0.4) is 0 Å². The SMILES string of the molecule is COc1cccc(CCOC(=O)N2CCOc3cc4c(cc32)CCNCC4)c1. The zero-order chi connectivity index (χ0) is 19.3. The number of fused-ring (bicyclic) bond motifs is 2. The summed E-state index contributed by atoms with van der Waals surface area (Å²) in [6.07, 6.45) is 2.27. The Hall–Kier alpha value is -2.73. The molecule has 2 aromatic carbocycles. The van der Waals surface area contributed by atoms with Crippen molar-refractivity contribution < 1.29 is 19.0 Å². The summed E-state index contributed by atoms with van der Waals surface area (Å²) in [6, 6.07) is 12.0. The molecule has 0 radical (unpaired) electrons. The number of methoxy groups -OCH3 is 1. The molecule has 0 aliphatic carbocycles. The molecular weight excluding hydrogens is 356 g/mol. The minimum absolute atomic E-state index is 0.320. The number of amides is 1. The number of nitrogens with one attached hydrogen (secondary N) is 1. The van der Waals surface area contributed by atoms with Crippen molar-refractivity contribution in [3.63, 3.8) is 0 Å². The molecule has 0 aromatic heterocycles. The van der Waals surface area contributed by atoms with Gasteiger partial charge in [0.05, 0.1) is 25.9 Å². The smallest absolute Gasteiger partial charge is 0.414 e. The van der Waals surface area contributed by atoms with Gasteiger partial charge in [0.15, 0.2) is 0 Å². The van der Waals surface area contributed by atoms with Gasteiger partial charge in [0.2, 0.25) is 0 Å². The van der Waals surface area contributed by atoms with Crippen LogP contribution in [-0.4, -0.2) is 46.1 Å². The van der Waals surface area contributed by atoms with E-state index in [4.69, 9.17) is 14.2 Å². The van der Waals surface area contributed by atoms with Gasteiger partial charge in [-0.25, -0.2) is 4.79 Å². The highest BCUT2D eigenvalue weighted by Crippen LogP contribution is 2.35. The third-order valence-electron chi connectivity index (χ3n) is 5.26. The normalized spacial score (nSPS) is 15.7. The molecule has 2 aliphatic rings. The van der Waals surface area contributed by atoms with Crippen molar-refractivity contribution >= 4 is 11.8 Å². The van der Waals surface area contributed by atoms with Crippen LogP contribution >= 0.6 is 0 Å². The lowest BCUT2D eigenvalue weighted by molar-refractivity contribution is 0.151. The lowest BCUT2D eigenvalue weighted by Gasteiger charge is -2.30. The maximum absolute atomic E-state index is 12.7. The van der Waals surface area contributed by atoms with Crippen LogP contribution in [0, 0.1) is 0 Å². The molecule has 1 N–H and O–H groups in total. The van der Waals surface area contributed by atoms with Gasteiger partial charge in [0.25, 0.3) is 0 Å². The van der Waals surface area contributed by atoms with Gasteiger partial charge in [-0.3, -0.25) is 4.90 Å². The van der Waals surface area contributed by atoms with Gasteiger partial charge in [-0.05, 0) is 66.9 Å². The highest BCUT2D eigenvalue weighted by atomic mass is 16.6. The number of nitrogens with zero attached hydrogens (tertiary/aromatic N) is 1. The molecule has 2 heterocycles. The molecule has 28 heavy (non-hydrogen) atoms. The summed E-state index contributed by atoms with van der Waals surface area (Å²) >= 11 is 0. The predicted octanol–water partition coefficient (Wildman–Crippen LogP) is 2.96. The van der Waals surface area contributed by atoms with Crippen molar-refractivity contribution in [3.05, 3.63) is 53.1 Å². The summed E-state index contributed by atoms with van der Waals surface area (Å²) in [4.78, 5) is 14.4. The van der Waals surface area contributed by atoms with Crippen molar-refractivity contribution in [1.82, 2.24) is 5.32 Å². The van der Waals surface area contributed by atoms with Crippen LogP contribution in [0.25, 0.3) is 0 Å². The van der Waals surface area contributed by atoms with E-state index in [1.54, 1.807) is 12.0 Å². The number of carbonyl (C=O) groups is 1. The molecule has 0 fully saturated rings. The summed E-state index contributed by atoms with van der Waals surface area (Å²) in [5.74, 6) is 1.58. The predicted molar refractivity (Wildman–Crippen MR) is 108 cm³/mol. The molecule has 6 heteroatoms. The van der Waals surface area contributed by atoms with E-state index >= 15 is 0 Å². The zero-order valence-electron chi connectivity index (χ0n) is 16.2. The van der Waals surface area contributed by atoms with Crippen LogP contribution in [0.4, 0.5) is 10.5 Å². The maximum Gasteiger partial charge on any atom is 0.414 e. The second-order valence-corrected chi connectivity index (χ2v) is 7.05. The van der Waals surface area contributed by atoms with E-state index in [1.807, 2.05) is 24.3 Å². The number of rotatable bonds is 4. The molecule has 4 rings (SSSR count). The van der Waals surface area contributed by atoms with Crippen molar-refractivity contribution in [2.45, 2.75) is 19.3 Å². The van der Waals surface area contributed by atoms with Gasteiger partial charge in [-0.2, -0.15) is 0 Å². The molecule has 1 amide bonds. The van der Waals surface area contributed by atoms with E-state index in [2.05, 4.69) is 17.4 Å². The number of hydrogen-bond acceptors (Lipinski definition) is 5. The first-order valence-electron chi connectivity index (χ1n) is 9.81. The van der Waals surface area contributed by atoms with E-state index in [9.17, 15) is 4.79 Å².